The van der Waals surface area contributed by atoms with Crippen LogP contribution in [-0.4, -0.2) is 23.3 Å². The van der Waals surface area contributed by atoms with Crippen molar-refractivity contribution in [1.29, 1.82) is 0 Å². The first kappa shape index (κ1) is 13.4. The Morgan fingerprint density at radius 3 is 2.31 bits per heavy atom. The number of hydrogen-bond donors (Lipinski definition) is 2. The molecule has 0 aliphatic rings. The number of ether oxygens (including phenoxy) is 1. The molecule has 3 nitrogen and oxygen atoms in total. The third-order valence-electron chi connectivity index (χ3n) is 1.78. The molecule has 16 heavy (non-hydrogen) atoms. The van der Waals surface area contributed by atoms with Crippen LogP contribution >= 0.6 is 15.9 Å². The molecule has 0 saturated carbocycles. The second kappa shape index (κ2) is 5.12. The van der Waals surface area contributed by atoms with Crippen LogP contribution in [0.2, 0.25) is 0 Å². The second-order valence-electron chi connectivity index (χ2n) is 3.44. The molecule has 88 valence electrons. The van der Waals surface area contributed by atoms with E-state index in [2.05, 4.69) is 15.9 Å². The molecule has 0 radical (unpaired) electrons. The summed E-state index contributed by atoms with van der Waals surface area (Å²) in [5.74, 6) is -2.85. The minimum Gasteiger partial charge on any atom is -0.487 e. The fraction of sp³-hybridized carbons (Fsp3) is 0.333. The van der Waals surface area contributed by atoms with Gasteiger partial charge in [-0.3, -0.25) is 0 Å². The molecule has 0 atom stereocenters. The summed E-state index contributed by atoms with van der Waals surface area (Å²) in [6, 6.07) is 1.07. The predicted octanol–water partition coefficient (Wildman–Crippen LogP) is 1.19. The van der Waals surface area contributed by atoms with Crippen molar-refractivity contribution in [2.24, 2.45) is 0 Å². The molecule has 0 heterocycles. The summed E-state index contributed by atoms with van der Waals surface area (Å²) in [6.07, 6.45) is -0.324. The van der Waals surface area contributed by atoms with Crippen LogP contribution < -0.4 is 10.2 Å². The molecule has 0 aliphatic heterocycles. The number of halogens is 3. The first-order valence-corrected chi connectivity index (χ1v) is 5.34. The second-order valence-corrected chi connectivity index (χ2v) is 4.30. The van der Waals surface area contributed by atoms with Gasteiger partial charge in [0.2, 0.25) is 5.82 Å². The minimum absolute atomic E-state index is 0.128. The SMILES string of the molecule is CC(C)Oc1c(Br)cc(B(O)O)c(F)c1F. The van der Waals surface area contributed by atoms with Crippen molar-refractivity contribution < 1.29 is 23.6 Å². The van der Waals surface area contributed by atoms with Gasteiger partial charge in [-0.25, -0.2) is 4.39 Å². The molecule has 2 N–H and O–H groups in total. The molecule has 0 unspecified atom stereocenters. The molecule has 1 rings (SSSR count). The van der Waals surface area contributed by atoms with Crippen LogP contribution in [-0.2, 0) is 0 Å². The van der Waals surface area contributed by atoms with E-state index in [-0.39, 0.29) is 16.3 Å². The summed E-state index contributed by atoms with van der Waals surface area (Å²) in [5.41, 5.74) is -0.541. The molecular weight excluding hydrogens is 285 g/mol. The van der Waals surface area contributed by atoms with Crippen LogP contribution in [0.1, 0.15) is 13.8 Å². The van der Waals surface area contributed by atoms with Crippen LogP contribution in [0, 0.1) is 11.6 Å². The van der Waals surface area contributed by atoms with Crippen LogP contribution in [0.4, 0.5) is 8.78 Å². The Hall–Kier alpha value is -0.655. The van der Waals surface area contributed by atoms with Gasteiger partial charge < -0.3 is 14.8 Å². The van der Waals surface area contributed by atoms with Gasteiger partial charge in [0.25, 0.3) is 0 Å². The zero-order valence-corrected chi connectivity index (χ0v) is 10.3. The molecule has 0 spiro atoms. The Balaban J connectivity index is 3.28. The standard InChI is InChI=1S/C9H10BBrF2O3/c1-4(2)16-9-6(11)3-5(10(14)15)7(12)8(9)13/h3-4,14-15H,1-2H3. The van der Waals surface area contributed by atoms with Gasteiger partial charge in [0.15, 0.2) is 11.6 Å². The fourth-order valence-corrected chi connectivity index (χ4v) is 1.64. The highest BCUT2D eigenvalue weighted by molar-refractivity contribution is 9.10. The van der Waals surface area contributed by atoms with Crippen molar-refractivity contribution in [3.63, 3.8) is 0 Å². The average Bonchev–Trinajstić information content (AvgIpc) is 2.17. The topological polar surface area (TPSA) is 49.7 Å². The van der Waals surface area contributed by atoms with Crippen molar-refractivity contribution in [2.45, 2.75) is 20.0 Å². The van der Waals surface area contributed by atoms with Gasteiger partial charge in [-0.1, -0.05) is 0 Å². The Labute approximate surface area is 100 Å². The summed E-state index contributed by atoms with van der Waals surface area (Å²) in [7, 11) is -2.07. The Bertz CT molecular complexity index is 399. The van der Waals surface area contributed by atoms with Gasteiger partial charge in [-0.15, -0.1) is 0 Å². The first-order valence-electron chi connectivity index (χ1n) is 4.54. The maximum atomic E-state index is 13.5. The molecule has 7 heteroatoms. The van der Waals surface area contributed by atoms with E-state index in [4.69, 9.17) is 14.8 Å². The van der Waals surface area contributed by atoms with Crippen molar-refractivity contribution in [3.8, 4) is 5.75 Å². The molecule has 1 aromatic rings. The van der Waals surface area contributed by atoms with Crippen LogP contribution in [0.3, 0.4) is 0 Å². The van der Waals surface area contributed by atoms with Gasteiger partial charge >= 0.3 is 7.12 Å². The normalized spacial score (nSPS) is 10.8. The molecule has 0 saturated heterocycles. The smallest absolute Gasteiger partial charge is 0.487 e. The van der Waals surface area contributed by atoms with Gasteiger partial charge in [-0.2, -0.15) is 4.39 Å². The molecule has 1 aromatic carbocycles. The van der Waals surface area contributed by atoms with Crippen LogP contribution in [0.15, 0.2) is 10.5 Å². The number of benzene rings is 1. The first-order chi connectivity index (χ1) is 7.34. The van der Waals surface area contributed by atoms with Crippen molar-refractivity contribution in [2.75, 3.05) is 0 Å². The van der Waals surface area contributed by atoms with E-state index in [9.17, 15) is 8.78 Å². The summed E-state index contributed by atoms with van der Waals surface area (Å²) >= 11 is 2.98. The minimum atomic E-state index is -2.07. The lowest BCUT2D eigenvalue weighted by Gasteiger charge is -2.14. The highest BCUT2D eigenvalue weighted by Gasteiger charge is 2.25. The highest BCUT2D eigenvalue weighted by Crippen LogP contribution is 2.29. The van der Waals surface area contributed by atoms with E-state index < -0.39 is 24.2 Å². The lowest BCUT2D eigenvalue weighted by Crippen LogP contribution is -2.34. The molecule has 0 aliphatic carbocycles. The van der Waals surface area contributed by atoms with Crippen LogP contribution in [0.25, 0.3) is 0 Å². The lowest BCUT2D eigenvalue weighted by molar-refractivity contribution is 0.226. The van der Waals surface area contributed by atoms with E-state index in [0.717, 1.165) is 6.07 Å². The lowest BCUT2D eigenvalue weighted by atomic mass is 9.80. The van der Waals surface area contributed by atoms with Crippen molar-refractivity contribution >= 4 is 28.5 Å². The quantitative estimate of drug-likeness (QED) is 0.650. The Kier molecular flexibility index (Phi) is 4.29. The van der Waals surface area contributed by atoms with E-state index in [0.29, 0.717) is 0 Å². The molecule has 0 aromatic heterocycles. The van der Waals surface area contributed by atoms with Crippen molar-refractivity contribution in [1.82, 2.24) is 0 Å². The fourth-order valence-electron chi connectivity index (χ4n) is 1.13. The van der Waals surface area contributed by atoms with Crippen LogP contribution in [0.5, 0.6) is 5.75 Å². The van der Waals surface area contributed by atoms with E-state index >= 15 is 0 Å². The zero-order chi connectivity index (χ0) is 12.5. The number of hydrogen-bond acceptors (Lipinski definition) is 3. The van der Waals surface area contributed by atoms with E-state index in [1.807, 2.05) is 0 Å². The highest BCUT2D eigenvalue weighted by atomic mass is 79.9. The zero-order valence-electron chi connectivity index (χ0n) is 8.67. The monoisotopic (exact) mass is 294 g/mol. The molecule has 0 amide bonds. The predicted molar refractivity (Wildman–Crippen MR) is 59.6 cm³/mol. The maximum absolute atomic E-state index is 13.5. The summed E-state index contributed by atoms with van der Waals surface area (Å²) in [5, 5.41) is 17.6. The van der Waals surface area contributed by atoms with Crippen molar-refractivity contribution in [3.05, 3.63) is 22.2 Å². The van der Waals surface area contributed by atoms with Gasteiger partial charge in [0, 0.05) is 5.46 Å². The van der Waals surface area contributed by atoms with Gasteiger partial charge in [0.05, 0.1) is 10.6 Å². The summed E-state index contributed by atoms with van der Waals surface area (Å²) < 4.78 is 32.0. The maximum Gasteiger partial charge on any atom is 0.491 e. The Morgan fingerprint density at radius 1 is 1.31 bits per heavy atom. The molecule has 0 bridgehead atoms. The van der Waals surface area contributed by atoms with E-state index in [1.165, 1.54) is 0 Å². The molecular formula is C9H10BBrF2O3. The third kappa shape index (κ3) is 2.72. The Morgan fingerprint density at radius 2 is 1.88 bits per heavy atom. The summed E-state index contributed by atoms with van der Waals surface area (Å²) in [6.45, 7) is 3.33. The molecule has 0 fully saturated rings. The summed E-state index contributed by atoms with van der Waals surface area (Å²) in [4.78, 5) is 0. The number of rotatable bonds is 3. The average molecular weight is 295 g/mol. The van der Waals surface area contributed by atoms with E-state index in [1.54, 1.807) is 13.8 Å². The van der Waals surface area contributed by atoms with Gasteiger partial charge in [-0.05, 0) is 35.8 Å². The largest absolute Gasteiger partial charge is 0.491 e. The third-order valence-corrected chi connectivity index (χ3v) is 2.37. The van der Waals surface area contributed by atoms with Gasteiger partial charge in [0.1, 0.15) is 0 Å².